The van der Waals surface area contributed by atoms with Crippen molar-refractivity contribution >= 4 is 35.3 Å². The van der Waals surface area contributed by atoms with Crippen LogP contribution >= 0.6 is 11.6 Å². The lowest BCUT2D eigenvalue weighted by atomic mass is 9.96. The molecule has 28 heavy (non-hydrogen) atoms. The van der Waals surface area contributed by atoms with Gasteiger partial charge in [-0.25, -0.2) is 4.79 Å². The van der Waals surface area contributed by atoms with E-state index in [2.05, 4.69) is 36.7 Å². The Labute approximate surface area is 172 Å². The molecule has 0 unspecified atom stereocenters. The zero-order chi connectivity index (χ0) is 21.9. The lowest BCUT2D eigenvalue weighted by Crippen LogP contribution is -2.47. The molecule has 0 aromatic heterocycles. The van der Waals surface area contributed by atoms with Crippen molar-refractivity contribution < 1.29 is 23.9 Å². The predicted molar refractivity (Wildman–Crippen MR) is 108 cm³/mol. The highest BCUT2D eigenvalue weighted by atomic mass is 35.5. The van der Waals surface area contributed by atoms with E-state index in [4.69, 9.17) is 16.3 Å². The van der Waals surface area contributed by atoms with Gasteiger partial charge in [-0.3, -0.25) is 14.4 Å². The first kappa shape index (κ1) is 26.2. The third-order valence-electron chi connectivity index (χ3n) is 3.33. The summed E-state index contributed by atoms with van der Waals surface area (Å²) < 4.78 is 5.01. The number of carbonyl (C=O) groups is 4. The van der Waals surface area contributed by atoms with E-state index in [0.717, 1.165) is 5.92 Å². The van der Waals surface area contributed by atoms with Gasteiger partial charge in [0.2, 0.25) is 11.8 Å². The number of nitrogens with one attached hydrogen (secondary N) is 3. The number of amides is 3. The maximum absolute atomic E-state index is 11.9. The van der Waals surface area contributed by atoms with Crippen molar-refractivity contribution in [2.45, 2.75) is 66.0 Å². The van der Waals surface area contributed by atoms with E-state index in [1.807, 2.05) is 0 Å². The minimum atomic E-state index is -0.857. The van der Waals surface area contributed by atoms with Gasteiger partial charge in [0.05, 0.1) is 11.9 Å². The van der Waals surface area contributed by atoms with Gasteiger partial charge in [-0.05, 0) is 39.5 Å². The van der Waals surface area contributed by atoms with Crippen LogP contribution in [-0.4, -0.2) is 54.3 Å². The number of hydrogen-bond acceptors (Lipinski definition) is 5. The van der Waals surface area contributed by atoms with E-state index in [1.165, 1.54) is 0 Å². The molecule has 162 valence electrons. The lowest BCUT2D eigenvalue weighted by Gasteiger charge is -2.21. The minimum absolute atomic E-state index is 0.136. The molecule has 1 rings (SSSR count). The number of alkyl halides is 1. The van der Waals surface area contributed by atoms with Crippen molar-refractivity contribution in [2.24, 2.45) is 11.8 Å². The summed E-state index contributed by atoms with van der Waals surface area (Å²) in [5, 5.41) is 7.49. The molecule has 0 aromatic carbocycles. The van der Waals surface area contributed by atoms with Gasteiger partial charge < -0.3 is 20.7 Å². The Morgan fingerprint density at radius 1 is 1.25 bits per heavy atom. The van der Waals surface area contributed by atoms with Crippen molar-refractivity contribution in [3.63, 3.8) is 0 Å². The normalized spacial score (nSPS) is 17.1. The van der Waals surface area contributed by atoms with E-state index >= 15 is 0 Å². The maximum atomic E-state index is 11.9. The molecule has 2 atom stereocenters. The van der Waals surface area contributed by atoms with Crippen molar-refractivity contribution in [3.8, 4) is 0 Å². The molecule has 3 amide bonds. The van der Waals surface area contributed by atoms with Crippen molar-refractivity contribution in [2.75, 3.05) is 19.0 Å². The summed E-state index contributed by atoms with van der Waals surface area (Å²) in [7, 11) is 0. The Balaban J connectivity index is 0.00000165. The molecule has 1 saturated heterocycles. The monoisotopic (exact) mass is 419 g/mol. The molecule has 0 aromatic rings. The first-order valence-electron chi connectivity index (χ1n) is 9.48. The molecule has 8 nitrogen and oxygen atoms in total. The minimum Gasteiger partial charge on any atom is -0.444 e. The quantitative estimate of drug-likeness (QED) is 0.546. The number of halogens is 1. The van der Waals surface area contributed by atoms with Crippen LogP contribution < -0.4 is 16.0 Å². The number of ketones is 1. The van der Waals surface area contributed by atoms with E-state index in [0.29, 0.717) is 13.0 Å². The molecular formula is C19H34ClN3O5. The molecule has 1 aliphatic heterocycles. The first-order valence-corrected chi connectivity index (χ1v) is 10.0. The van der Waals surface area contributed by atoms with Crippen molar-refractivity contribution in [3.05, 3.63) is 0 Å². The van der Waals surface area contributed by atoms with Gasteiger partial charge >= 0.3 is 6.09 Å². The summed E-state index contributed by atoms with van der Waals surface area (Å²) in [6.45, 7) is 11.8. The van der Waals surface area contributed by atoms with Gasteiger partial charge in [0.25, 0.3) is 0 Å². The third-order valence-corrected chi connectivity index (χ3v) is 3.59. The predicted octanol–water partition coefficient (Wildman–Crippen LogP) is 1.99. The van der Waals surface area contributed by atoms with E-state index < -0.39 is 23.6 Å². The van der Waals surface area contributed by atoms with E-state index in [1.54, 1.807) is 20.8 Å². The Hall–Kier alpha value is -1.83. The van der Waals surface area contributed by atoms with Gasteiger partial charge in [-0.15, -0.1) is 11.6 Å². The Morgan fingerprint density at radius 3 is 2.25 bits per heavy atom. The number of alkyl carbamates (subject to hydrolysis) is 1. The molecule has 1 aliphatic rings. The van der Waals surface area contributed by atoms with Gasteiger partial charge in [-0.1, -0.05) is 20.8 Å². The molecule has 0 saturated carbocycles. The fourth-order valence-corrected chi connectivity index (χ4v) is 2.42. The number of hydrogen-bond donors (Lipinski definition) is 3. The van der Waals surface area contributed by atoms with Gasteiger partial charge in [-0.2, -0.15) is 0 Å². The molecule has 3 N–H and O–H groups in total. The van der Waals surface area contributed by atoms with E-state index in [9.17, 15) is 19.2 Å². The molecule has 9 heteroatoms. The number of carbonyl (C=O) groups excluding carboxylic acids is 4. The summed E-state index contributed by atoms with van der Waals surface area (Å²) >= 11 is 5.56. The second-order valence-corrected chi connectivity index (χ2v) is 8.59. The molecular weight excluding hydrogens is 386 g/mol. The summed E-state index contributed by atoms with van der Waals surface area (Å²) in [6, 6.07) is -0.857. The fraction of sp³-hybridized carbons (Fsp3) is 0.789. The van der Waals surface area contributed by atoms with Crippen LogP contribution in [0.2, 0.25) is 0 Å². The fourth-order valence-electron chi connectivity index (χ4n) is 2.23. The van der Waals surface area contributed by atoms with Gasteiger partial charge in [0.15, 0.2) is 5.78 Å². The van der Waals surface area contributed by atoms with Crippen LogP contribution in [0.1, 0.15) is 54.4 Å². The molecule has 0 aliphatic carbocycles. The summed E-state index contributed by atoms with van der Waals surface area (Å²) in [5.41, 5.74) is -0.673. The number of ether oxygens (including phenoxy) is 1. The highest BCUT2D eigenvalue weighted by molar-refractivity contribution is 6.28. The van der Waals surface area contributed by atoms with Crippen LogP contribution in [0.3, 0.4) is 0 Å². The summed E-state index contributed by atoms with van der Waals surface area (Å²) in [4.78, 5) is 46.9. The third kappa shape index (κ3) is 12.5. The SMILES string of the molecule is CC(C)(C)OC(=O)NCC(=O)N[C@@H](C[C@@H]1CCNC1=O)C(=O)CCl.CC(C)C. The van der Waals surface area contributed by atoms with Crippen LogP contribution in [0.4, 0.5) is 4.79 Å². The second-order valence-electron chi connectivity index (χ2n) is 8.32. The van der Waals surface area contributed by atoms with Crippen LogP contribution in [0.15, 0.2) is 0 Å². The Kier molecular flexibility index (Phi) is 11.8. The largest absolute Gasteiger partial charge is 0.444 e. The molecule has 1 fully saturated rings. The molecule has 0 bridgehead atoms. The molecule has 1 heterocycles. The highest BCUT2D eigenvalue weighted by Crippen LogP contribution is 2.17. The lowest BCUT2D eigenvalue weighted by molar-refractivity contribution is -0.128. The van der Waals surface area contributed by atoms with Crippen molar-refractivity contribution in [1.82, 2.24) is 16.0 Å². The summed E-state index contributed by atoms with van der Waals surface area (Å²) in [5.74, 6) is -0.826. The average molecular weight is 420 g/mol. The number of Topliss-reactive ketones (excluding diaryl/α,β-unsaturated/α-hetero) is 1. The molecule has 0 spiro atoms. The van der Waals surface area contributed by atoms with Crippen molar-refractivity contribution in [1.29, 1.82) is 0 Å². The topological polar surface area (TPSA) is 114 Å². The zero-order valence-electron chi connectivity index (χ0n) is 17.7. The molecule has 0 radical (unpaired) electrons. The maximum Gasteiger partial charge on any atom is 0.408 e. The zero-order valence-corrected chi connectivity index (χ0v) is 18.4. The Morgan fingerprint density at radius 2 is 1.82 bits per heavy atom. The highest BCUT2D eigenvalue weighted by Gasteiger charge is 2.31. The van der Waals surface area contributed by atoms with Gasteiger partial charge in [0, 0.05) is 12.5 Å². The van der Waals surface area contributed by atoms with Crippen LogP contribution in [0.5, 0.6) is 0 Å². The average Bonchev–Trinajstić information content (AvgIpc) is 2.94. The van der Waals surface area contributed by atoms with Crippen LogP contribution in [0, 0.1) is 11.8 Å². The van der Waals surface area contributed by atoms with E-state index in [-0.39, 0.29) is 36.5 Å². The summed E-state index contributed by atoms with van der Waals surface area (Å²) in [6.07, 6.45) is 0.0694. The second kappa shape index (κ2) is 12.6. The Bertz CT molecular complexity index is 543. The standard InChI is InChI=1S/C15H24ClN3O5.C4H10/c1-15(2,3)24-14(23)18-8-12(21)19-10(11(20)7-16)6-9-4-5-17-13(9)22;1-4(2)3/h9-10H,4-8H2,1-3H3,(H,17,22)(H,18,23)(H,19,21);4H,1-3H3/t9-,10-;/m0./s1. The number of rotatable bonds is 7. The smallest absolute Gasteiger partial charge is 0.408 e. The first-order chi connectivity index (χ1) is 12.9. The van der Waals surface area contributed by atoms with Crippen LogP contribution in [0.25, 0.3) is 0 Å². The van der Waals surface area contributed by atoms with Gasteiger partial charge in [0.1, 0.15) is 12.1 Å². The van der Waals surface area contributed by atoms with Crippen LogP contribution in [-0.2, 0) is 19.1 Å².